The highest BCUT2D eigenvalue weighted by Crippen LogP contribution is 2.67. The van der Waals surface area contributed by atoms with E-state index >= 15 is 0 Å². The van der Waals surface area contributed by atoms with Gasteiger partial charge in [-0.05, 0) is 56.1 Å². The van der Waals surface area contributed by atoms with E-state index in [9.17, 15) is 29.4 Å². The molecule has 4 aliphatic carbocycles. The van der Waals surface area contributed by atoms with Crippen molar-refractivity contribution in [3.8, 4) is 0 Å². The van der Waals surface area contributed by atoms with Crippen LogP contribution in [0.2, 0.25) is 0 Å². The smallest absolute Gasteiger partial charge is 0.306 e. The number of aliphatic hydroxyl groups is 2. The molecule has 0 radical (unpaired) electrons. The fourth-order valence-corrected chi connectivity index (χ4v) is 7.34. The zero-order chi connectivity index (χ0) is 24.2. The third-order valence-corrected chi connectivity index (χ3v) is 9.02. The van der Waals surface area contributed by atoms with Crippen LogP contribution in [0.3, 0.4) is 0 Å². The zero-order valence-electron chi connectivity index (χ0n) is 19.1. The van der Waals surface area contributed by atoms with Crippen LogP contribution in [-0.4, -0.2) is 57.1 Å². The van der Waals surface area contributed by atoms with Gasteiger partial charge < -0.3 is 20.1 Å². The van der Waals surface area contributed by atoms with Crippen molar-refractivity contribution in [3.05, 3.63) is 23.8 Å². The maximum Gasteiger partial charge on any atom is 0.306 e. The molecule has 4 aliphatic rings. The maximum absolute atomic E-state index is 13.1. The largest absolute Gasteiger partial charge is 0.481 e. The molecular weight excluding hydrogens is 428 g/mol. The number of fused-ring (bicyclic) bond motifs is 5. The molecule has 3 saturated carbocycles. The Morgan fingerprint density at radius 2 is 1.91 bits per heavy atom. The summed E-state index contributed by atoms with van der Waals surface area (Å²) in [6.07, 6.45) is 6.27. The first kappa shape index (κ1) is 23.8. The number of Topliss-reactive ketones (excluding diaryl/α,β-unsaturated/α-hetero) is 1. The molecule has 0 spiro atoms. The third-order valence-electron chi connectivity index (χ3n) is 9.02. The first-order valence-electron chi connectivity index (χ1n) is 11.7. The number of esters is 1. The molecule has 0 aromatic rings. The number of carbonyl (C=O) groups is 4. The molecule has 0 aliphatic heterocycles. The molecule has 180 valence electrons. The average molecular weight is 461 g/mol. The summed E-state index contributed by atoms with van der Waals surface area (Å²) in [6.45, 7) is 3.30. The Morgan fingerprint density at radius 1 is 1.18 bits per heavy atom. The molecule has 7 atom stereocenters. The molecule has 33 heavy (non-hydrogen) atoms. The Kier molecular flexibility index (Phi) is 5.90. The minimum absolute atomic E-state index is 0.00645. The van der Waals surface area contributed by atoms with E-state index in [-0.39, 0.29) is 49.2 Å². The molecule has 8 nitrogen and oxygen atoms in total. The third kappa shape index (κ3) is 3.67. The molecule has 0 heterocycles. The van der Waals surface area contributed by atoms with Gasteiger partial charge in [-0.25, -0.2) is 0 Å². The van der Waals surface area contributed by atoms with Crippen molar-refractivity contribution in [2.24, 2.45) is 28.6 Å². The van der Waals surface area contributed by atoms with Crippen molar-refractivity contribution in [2.45, 2.75) is 70.5 Å². The molecule has 4 rings (SSSR count). The molecule has 0 bridgehead atoms. The summed E-state index contributed by atoms with van der Waals surface area (Å²) in [4.78, 5) is 47.4. The number of carboxylic acids is 1. The molecule has 0 aromatic carbocycles. The molecule has 0 amide bonds. The summed E-state index contributed by atoms with van der Waals surface area (Å²) in [7, 11) is 0. The van der Waals surface area contributed by atoms with E-state index in [1.807, 2.05) is 13.0 Å². The second-order valence-electron chi connectivity index (χ2n) is 10.6. The number of carbonyl (C=O) groups excluding carboxylic acids is 3. The summed E-state index contributed by atoms with van der Waals surface area (Å²) in [5.74, 6) is -2.58. The van der Waals surface area contributed by atoms with E-state index in [0.717, 1.165) is 18.4 Å². The van der Waals surface area contributed by atoms with Gasteiger partial charge in [0.15, 0.2) is 12.4 Å². The summed E-state index contributed by atoms with van der Waals surface area (Å²) < 4.78 is 4.96. The number of ketones is 2. The van der Waals surface area contributed by atoms with Crippen LogP contribution in [0.15, 0.2) is 23.8 Å². The number of aliphatic carboxylic acids is 1. The van der Waals surface area contributed by atoms with Gasteiger partial charge in [0.2, 0.25) is 5.78 Å². The fourth-order valence-electron chi connectivity index (χ4n) is 7.34. The number of carboxylic acid groups (broad SMARTS) is 1. The van der Waals surface area contributed by atoms with Crippen molar-refractivity contribution in [3.63, 3.8) is 0 Å². The highest BCUT2D eigenvalue weighted by molar-refractivity contribution is 6.01. The van der Waals surface area contributed by atoms with Crippen LogP contribution in [0.5, 0.6) is 0 Å². The van der Waals surface area contributed by atoms with E-state index in [0.29, 0.717) is 6.42 Å². The van der Waals surface area contributed by atoms with Gasteiger partial charge in [-0.3, -0.25) is 19.2 Å². The van der Waals surface area contributed by atoms with Gasteiger partial charge in [0, 0.05) is 16.7 Å². The maximum atomic E-state index is 13.1. The van der Waals surface area contributed by atoms with E-state index in [2.05, 4.69) is 6.92 Å². The monoisotopic (exact) mass is 460 g/mol. The van der Waals surface area contributed by atoms with Gasteiger partial charge in [0.05, 0.1) is 18.9 Å². The van der Waals surface area contributed by atoms with Gasteiger partial charge >= 0.3 is 11.9 Å². The number of hydrogen-bond acceptors (Lipinski definition) is 7. The number of aliphatic hydroxyl groups excluding tert-OH is 1. The second kappa shape index (κ2) is 8.17. The minimum atomic E-state index is -1.73. The predicted molar refractivity (Wildman–Crippen MR) is 116 cm³/mol. The van der Waals surface area contributed by atoms with Crippen LogP contribution in [0, 0.1) is 28.6 Å². The lowest BCUT2D eigenvalue weighted by molar-refractivity contribution is -0.181. The number of hydrogen-bond donors (Lipinski definition) is 3. The second-order valence-corrected chi connectivity index (χ2v) is 10.6. The first-order valence-corrected chi connectivity index (χ1v) is 11.7. The average Bonchev–Trinajstić information content (AvgIpc) is 3.02. The zero-order valence-corrected chi connectivity index (χ0v) is 19.1. The highest BCUT2D eigenvalue weighted by Gasteiger charge is 2.68. The topological polar surface area (TPSA) is 138 Å². The highest BCUT2D eigenvalue weighted by atomic mass is 16.5. The molecular formula is C25H32O8. The van der Waals surface area contributed by atoms with Gasteiger partial charge in [-0.2, -0.15) is 0 Å². The van der Waals surface area contributed by atoms with E-state index in [4.69, 9.17) is 9.84 Å². The van der Waals surface area contributed by atoms with Crippen LogP contribution < -0.4 is 0 Å². The standard InChI is InChI=1S/C25H32O8/c1-23-9-7-15(26)11-14(23)3-4-16-17-8-10-25(32,24(17,2)12-18(27)22(16)23)19(28)13-33-21(31)6-5-20(29)30/h7,9,11,16-18,22,27,32H,3-6,8,10,12-13H2,1-2H3,(H,29,30)/t16-,17-,18+,22+,23-,24+,25-/m0/s1. The minimum Gasteiger partial charge on any atom is -0.481 e. The quantitative estimate of drug-likeness (QED) is 0.512. The van der Waals surface area contributed by atoms with Crippen LogP contribution >= 0.6 is 0 Å². The number of ether oxygens (including phenoxy) is 1. The van der Waals surface area contributed by atoms with E-state index in [1.165, 1.54) is 0 Å². The van der Waals surface area contributed by atoms with Crippen molar-refractivity contribution in [1.82, 2.24) is 0 Å². The van der Waals surface area contributed by atoms with Crippen LogP contribution in [0.4, 0.5) is 0 Å². The Morgan fingerprint density at radius 3 is 2.61 bits per heavy atom. The Labute approximate surface area is 192 Å². The van der Waals surface area contributed by atoms with Crippen LogP contribution in [0.25, 0.3) is 0 Å². The van der Waals surface area contributed by atoms with Crippen molar-refractivity contribution < 1.29 is 39.2 Å². The number of rotatable bonds is 6. The van der Waals surface area contributed by atoms with Crippen LogP contribution in [0.1, 0.15) is 58.8 Å². The summed E-state index contributed by atoms with van der Waals surface area (Å²) in [5, 5.41) is 31.6. The van der Waals surface area contributed by atoms with Gasteiger partial charge in [-0.15, -0.1) is 0 Å². The first-order chi connectivity index (χ1) is 15.4. The summed E-state index contributed by atoms with van der Waals surface area (Å²) in [6, 6.07) is 0. The summed E-state index contributed by atoms with van der Waals surface area (Å²) >= 11 is 0. The molecule has 3 fully saturated rings. The molecule has 8 heteroatoms. The van der Waals surface area contributed by atoms with Crippen molar-refractivity contribution in [1.29, 1.82) is 0 Å². The van der Waals surface area contributed by atoms with Gasteiger partial charge in [0.1, 0.15) is 5.60 Å². The number of allylic oxidation sites excluding steroid dienone is 4. The Hall–Kier alpha value is -2.32. The van der Waals surface area contributed by atoms with Gasteiger partial charge in [-0.1, -0.05) is 25.5 Å². The molecule has 0 unspecified atom stereocenters. The van der Waals surface area contributed by atoms with E-state index < -0.39 is 46.9 Å². The summed E-state index contributed by atoms with van der Waals surface area (Å²) in [5.41, 5.74) is -1.99. The lowest BCUT2D eigenvalue weighted by Gasteiger charge is -2.59. The van der Waals surface area contributed by atoms with Crippen molar-refractivity contribution in [2.75, 3.05) is 6.61 Å². The van der Waals surface area contributed by atoms with Crippen LogP contribution in [-0.2, 0) is 23.9 Å². The van der Waals surface area contributed by atoms with E-state index in [1.54, 1.807) is 12.2 Å². The molecule has 0 saturated heterocycles. The Bertz CT molecular complexity index is 950. The van der Waals surface area contributed by atoms with Gasteiger partial charge in [0.25, 0.3) is 0 Å². The molecule has 3 N–H and O–H groups in total. The Balaban J connectivity index is 1.53. The lowest BCUT2D eigenvalue weighted by Crippen LogP contribution is -2.61. The lowest BCUT2D eigenvalue weighted by atomic mass is 9.46. The SMILES string of the molecule is C[C@]12C=CC(=O)C=C1CC[C@@H]1[C@@H]2[C@H](O)C[C@]2(C)[C@H]1CC[C@]2(O)C(=O)COC(=O)CCC(=O)O. The predicted octanol–water partition coefficient (Wildman–Crippen LogP) is 1.97. The normalized spacial score (nSPS) is 41.5. The van der Waals surface area contributed by atoms with Crippen molar-refractivity contribution >= 4 is 23.5 Å². The molecule has 0 aromatic heterocycles. The fraction of sp³-hybridized carbons (Fsp3) is 0.680.